The lowest BCUT2D eigenvalue weighted by Crippen LogP contribution is -2.48. The molecular formula is C26H38ClN5O5. The Bertz CT molecular complexity index is 1040. The number of fused-ring (bicyclic) bond motifs is 1. The number of nitrogens with one attached hydrogen (secondary N) is 4. The summed E-state index contributed by atoms with van der Waals surface area (Å²) in [5.74, 6) is -0.284. The highest BCUT2D eigenvalue weighted by atomic mass is 35.5. The molecule has 37 heavy (non-hydrogen) atoms. The van der Waals surface area contributed by atoms with Crippen LogP contribution in [0.4, 0.5) is 15.3 Å². The molecule has 2 rings (SSSR count). The summed E-state index contributed by atoms with van der Waals surface area (Å²) in [6.07, 6.45) is 2.92. The minimum atomic E-state index is -0.751. The number of pyridine rings is 1. The van der Waals surface area contributed by atoms with Crippen LogP contribution >= 0.6 is 11.6 Å². The number of hydrogen-bond acceptors (Lipinski definition) is 7. The largest absolute Gasteiger partial charge is 0.450 e. The van der Waals surface area contributed by atoms with Gasteiger partial charge in [0.15, 0.2) is 0 Å². The van der Waals surface area contributed by atoms with Gasteiger partial charge in [0.05, 0.1) is 12.1 Å². The third-order valence-electron chi connectivity index (χ3n) is 5.14. The Morgan fingerprint density at radius 1 is 1.00 bits per heavy atom. The van der Waals surface area contributed by atoms with Gasteiger partial charge in [0.1, 0.15) is 11.6 Å². The van der Waals surface area contributed by atoms with Crippen molar-refractivity contribution in [3.63, 3.8) is 0 Å². The van der Waals surface area contributed by atoms with Crippen molar-refractivity contribution in [1.82, 2.24) is 20.9 Å². The Morgan fingerprint density at radius 3 is 2.49 bits per heavy atom. The second-order valence-electron chi connectivity index (χ2n) is 9.43. The molecule has 3 amide bonds. The standard InChI is InChI=1S/C26H38ClN5O5/c1-5-36-24(34)31-13-7-6-9-21(32-25(35)37-26(2,3)4)23(33)30-15-8-14-28-20-12-16-29-22-17-18(27)10-11-19(20)22/h10-12,16-17,21H,5-9,13-15H2,1-4H3,(H,28,29)(H,30,33)(H,31,34)(H,32,35). The van der Waals surface area contributed by atoms with E-state index >= 15 is 0 Å². The second-order valence-corrected chi connectivity index (χ2v) is 9.87. The topological polar surface area (TPSA) is 131 Å². The van der Waals surface area contributed by atoms with Crippen LogP contribution in [0, 0.1) is 0 Å². The Labute approximate surface area is 223 Å². The summed E-state index contributed by atoms with van der Waals surface area (Å²) in [6.45, 7) is 8.80. The van der Waals surface area contributed by atoms with Crippen LogP contribution in [0.5, 0.6) is 0 Å². The van der Waals surface area contributed by atoms with Gasteiger partial charge in [-0.05, 0) is 77.6 Å². The third kappa shape index (κ3) is 11.6. The number of carbonyl (C=O) groups is 3. The van der Waals surface area contributed by atoms with E-state index < -0.39 is 23.8 Å². The number of alkyl carbamates (subject to hydrolysis) is 2. The first-order valence-electron chi connectivity index (χ1n) is 12.5. The summed E-state index contributed by atoms with van der Waals surface area (Å²) in [5.41, 5.74) is 1.07. The molecule has 2 aromatic rings. The molecule has 4 N–H and O–H groups in total. The summed E-state index contributed by atoms with van der Waals surface area (Å²) in [5, 5.41) is 13.2. The first-order valence-corrected chi connectivity index (χ1v) is 12.9. The zero-order valence-corrected chi connectivity index (χ0v) is 22.7. The van der Waals surface area contributed by atoms with Crippen molar-refractivity contribution in [2.75, 3.05) is 31.6 Å². The Kier molecular flexibility index (Phi) is 12.2. The number of halogens is 1. The minimum Gasteiger partial charge on any atom is -0.450 e. The minimum absolute atomic E-state index is 0.284. The molecular weight excluding hydrogens is 498 g/mol. The molecule has 10 nitrogen and oxygen atoms in total. The van der Waals surface area contributed by atoms with Crippen molar-refractivity contribution in [3.05, 3.63) is 35.5 Å². The van der Waals surface area contributed by atoms with E-state index in [0.29, 0.717) is 56.9 Å². The molecule has 0 radical (unpaired) electrons. The SMILES string of the molecule is CCOC(=O)NCCCCC(NC(=O)OC(C)(C)C)C(=O)NCCCNc1ccnc2cc(Cl)ccc12. The van der Waals surface area contributed by atoms with E-state index in [1.54, 1.807) is 33.9 Å². The summed E-state index contributed by atoms with van der Waals surface area (Å²) in [7, 11) is 0. The van der Waals surface area contributed by atoms with E-state index in [4.69, 9.17) is 21.1 Å². The van der Waals surface area contributed by atoms with Gasteiger partial charge in [-0.3, -0.25) is 9.78 Å². The number of carbonyl (C=O) groups excluding carboxylic acids is 3. The van der Waals surface area contributed by atoms with E-state index in [-0.39, 0.29) is 5.91 Å². The molecule has 0 aliphatic rings. The molecule has 0 aliphatic heterocycles. The van der Waals surface area contributed by atoms with Crippen LogP contribution in [-0.2, 0) is 14.3 Å². The normalized spacial score (nSPS) is 11.9. The first-order chi connectivity index (χ1) is 17.6. The number of hydrogen-bond donors (Lipinski definition) is 4. The molecule has 204 valence electrons. The highest BCUT2D eigenvalue weighted by Crippen LogP contribution is 2.24. The van der Waals surface area contributed by atoms with Crippen molar-refractivity contribution in [1.29, 1.82) is 0 Å². The summed E-state index contributed by atoms with van der Waals surface area (Å²) < 4.78 is 10.1. The zero-order chi connectivity index (χ0) is 27.3. The number of rotatable bonds is 13. The van der Waals surface area contributed by atoms with Gasteiger partial charge in [-0.2, -0.15) is 0 Å². The maximum atomic E-state index is 12.8. The number of benzene rings is 1. The fourth-order valence-corrected chi connectivity index (χ4v) is 3.65. The van der Waals surface area contributed by atoms with Crippen molar-refractivity contribution in [2.45, 2.75) is 65.0 Å². The van der Waals surface area contributed by atoms with Gasteiger partial charge in [-0.1, -0.05) is 11.6 Å². The number of nitrogens with zero attached hydrogens (tertiary/aromatic N) is 1. The summed E-state index contributed by atoms with van der Waals surface area (Å²) >= 11 is 6.05. The van der Waals surface area contributed by atoms with Crippen LogP contribution in [0.15, 0.2) is 30.5 Å². The number of amides is 3. The number of ether oxygens (including phenoxy) is 2. The van der Waals surface area contributed by atoms with Crippen LogP contribution in [0.2, 0.25) is 5.02 Å². The lowest BCUT2D eigenvalue weighted by atomic mass is 10.1. The molecule has 1 unspecified atom stereocenters. The van der Waals surface area contributed by atoms with Crippen molar-refractivity contribution >= 4 is 46.3 Å². The lowest BCUT2D eigenvalue weighted by Gasteiger charge is -2.23. The highest BCUT2D eigenvalue weighted by molar-refractivity contribution is 6.31. The van der Waals surface area contributed by atoms with E-state index in [1.807, 2.05) is 24.3 Å². The molecule has 0 aliphatic carbocycles. The average molecular weight is 536 g/mol. The van der Waals surface area contributed by atoms with E-state index in [2.05, 4.69) is 26.3 Å². The molecule has 1 aromatic carbocycles. The van der Waals surface area contributed by atoms with Crippen LogP contribution in [0.3, 0.4) is 0 Å². The van der Waals surface area contributed by atoms with E-state index in [9.17, 15) is 14.4 Å². The van der Waals surface area contributed by atoms with Crippen molar-refractivity contribution in [2.24, 2.45) is 0 Å². The van der Waals surface area contributed by atoms with Gasteiger partial charge in [0, 0.05) is 41.9 Å². The van der Waals surface area contributed by atoms with E-state index in [0.717, 1.165) is 16.6 Å². The maximum absolute atomic E-state index is 12.8. The van der Waals surface area contributed by atoms with Crippen LogP contribution in [0.25, 0.3) is 10.9 Å². The van der Waals surface area contributed by atoms with Gasteiger partial charge in [-0.25, -0.2) is 9.59 Å². The lowest BCUT2D eigenvalue weighted by molar-refractivity contribution is -0.123. The Hall–Kier alpha value is -3.27. The molecule has 1 heterocycles. The highest BCUT2D eigenvalue weighted by Gasteiger charge is 2.24. The summed E-state index contributed by atoms with van der Waals surface area (Å²) in [4.78, 5) is 40.8. The molecule has 11 heteroatoms. The number of aromatic nitrogens is 1. The summed E-state index contributed by atoms with van der Waals surface area (Å²) in [6, 6.07) is 6.70. The molecule has 0 bridgehead atoms. The molecule has 1 aromatic heterocycles. The molecule has 0 saturated carbocycles. The Balaban J connectivity index is 1.81. The van der Waals surface area contributed by atoms with Gasteiger partial charge in [0.2, 0.25) is 5.91 Å². The van der Waals surface area contributed by atoms with Gasteiger partial charge in [-0.15, -0.1) is 0 Å². The monoisotopic (exact) mass is 535 g/mol. The maximum Gasteiger partial charge on any atom is 0.408 e. The van der Waals surface area contributed by atoms with Crippen molar-refractivity contribution in [3.8, 4) is 0 Å². The molecule has 0 spiro atoms. The smallest absolute Gasteiger partial charge is 0.408 e. The van der Waals surface area contributed by atoms with Crippen LogP contribution in [0.1, 0.15) is 53.4 Å². The molecule has 0 fully saturated rings. The molecule has 0 saturated heterocycles. The first kappa shape index (κ1) is 30.0. The average Bonchev–Trinajstić information content (AvgIpc) is 2.81. The Morgan fingerprint density at radius 2 is 1.76 bits per heavy atom. The van der Waals surface area contributed by atoms with Crippen LogP contribution < -0.4 is 21.3 Å². The third-order valence-corrected chi connectivity index (χ3v) is 5.38. The van der Waals surface area contributed by atoms with Gasteiger partial charge in [0.25, 0.3) is 0 Å². The fourth-order valence-electron chi connectivity index (χ4n) is 3.49. The predicted octanol–water partition coefficient (Wildman–Crippen LogP) is 4.62. The zero-order valence-electron chi connectivity index (χ0n) is 22.0. The van der Waals surface area contributed by atoms with Crippen molar-refractivity contribution < 1.29 is 23.9 Å². The second kappa shape index (κ2) is 15.1. The number of unbranched alkanes of at least 4 members (excludes halogenated alkanes) is 1. The van der Waals surface area contributed by atoms with Gasteiger partial charge < -0.3 is 30.7 Å². The number of anilines is 1. The quantitative estimate of drug-likeness (QED) is 0.275. The van der Waals surface area contributed by atoms with Gasteiger partial charge >= 0.3 is 12.2 Å². The predicted molar refractivity (Wildman–Crippen MR) is 145 cm³/mol. The van der Waals surface area contributed by atoms with Crippen LogP contribution in [-0.4, -0.2) is 61.0 Å². The van der Waals surface area contributed by atoms with E-state index in [1.165, 1.54) is 0 Å². The molecule has 1 atom stereocenters. The fraction of sp³-hybridized carbons (Fsp3) is 0.538.